The third-order valence-corrected chi connectivity index (χ3v) is 3.22. The minimum atomic E-state index is -0.0287. The molecule has 0 bridgehead atoms. The van der Waals surface area contributed by atoms with Crippen molar-refractivity contribution in [1.29, 1.82) is 0 Å². The molecule has 92 valence electrons. The van der Waals surface area contributed by atoms with Gasteiger partial charge in [0.2, 0.25) is 0 Å². The molecule has 15 heavy (non-hydrogen) atoms. The third kappa shape index (κ3) is 3.74. The van der Waals surface area contributed by atoms with Crippen molar-refractivity contribution in [3.8, 4) is 0 Å². The molecule has 0 saturated carbocycles. The maximum atomic E-state index is 5.95. The Hall–Kier alpha value is -0.120. The van der Waals surface area contributed by atoms with Gasteiger partial charge < -0.3 is 10.5 Å². The summed E-state index contributed by atoms with van der Waals surface area (Å²) in [4.78, 5) is 2.35. The fourth-order valence-corrected chi connectivity index (χ4v) is 2.15. The van der Waals surface area contributed by atoms with Crippen molar-refractivity contribution in [2.45, 2.75) is 33.2 Å². The fourth-order valence-electron chi connectivity index (χ4n) is 2.15. The van der Waals surface area contributed by atoms with E-state index in [4.69, 9.17) is 10.5 Å². The Labute approximate surface area is 95.0 Å². The predicted octanol–water partition coefficient (Wildman–Crippen LogP) is 1.57. The zero-order valence-corrected chi connectivity index (χ0v) is 11.2. The van der Waals surface area contributed by atoms with Gasteiger partial charge in [-0.3, -0.25) is 4.90 Å². The van der Waals surface area contributed by atoms with Crippen LogP contribution in [0.15, 0.2) is 0 Å². The van der Waals surface area contributed by atoms with Gasteiger partial charge in [0, 0.05) is 20.2 Å². The molecular weight excluding hydrogens is 188 g/mol. The van der Waals surface area contributed by atoms with Crippen molar-refractivity contribution in [1.82, 2.24) is 4.90 Å². The van der Waals surface area contributed by atoms with E-state index < -0.39 is 0 Å². The summed E-state index contributed by atoms with van der Waals surface area (Å²) in [5.41, 5.74) is 5.92. The van der Waals surface area contributed by atoms with Crippen molar-refractivity contribution in [3.05, 3.63) is 0 Å². The first kappa shape index (κ1) is 14.9. The van der Waals surface area contributed by atoms with Gasteiger partial charge in [-0.15, -0.1) is 0 Å². The fraction of sp³-hybridized carbons (Fsp3) is 1.00. The average Bonchev–Trinajstić information content (AvgIpc) is 2.12. The largest absolute Gasteiger partial charge is 0.383 e. The van der Waals surface area contributed by atoms with Gasteiger partial charge in [0.05, 0.1) is 12.1 Å². The molecule has 2 N–H and O–H groups in total. The summed E-state index contributed by atoms with van der Waals surface area (Å²) >= 11 is 0. The van der Waals surface area contributed by atoms with Crippen LogP contribution in [0.2, 0.25) is 0 Å². The van der Waals surface area contributed by atoms with Gasteiger partial charge in [-0.05, 0) is 18.9 Å². The normalized spacial score (nSPS) is 16.4. The monoisotopic (exact) mass is 216 g/mol. The summed E-state index contributed by atoms with van der Waals surface area (Å²) in [6.07, 6.45) is 0. The Morgan fingerprint density at radius 3 is 2.07 bits per heavy atom. The molecule has 0 saturated heterocycles. The van der Waals surface area contributed by atoms with Crippen molar-refractivity contribution in [3.63, 3.8) is 0 Å². The highest BCUT2D eigenvalue weighted by Gasteiger charge is 2.36. The molecule has 0 aromatic heterocycles. The quantitative estimate of drug-likeness (QED) is 0.702. The highest BCUT2D eigenvalue weighted by molar-refractivity contribution is 4.93. The Kier molecular flexibility index (Phi) is 6.41. The Balaban J connectivity index is 4.72. The molecule has 0 rings (SSSR count). The molecule has 0 aromatic rings. The number of rotatable bonds is 7. The topological polar surface area (TPSA) is 38.5 Å². The lowest BCUT2D eigenvalue weighted by atomic mass is 9.85. The SMILES string of the molecule is COCC(CN)(C(C)C)N(C)CC(C)C. The first-order valence-corrected chi connectivity index (χ1v) is 5.81. The second kappa shape index (κ2) is 6.46. The maximum absolute atomic E-state index is 5.95. The van der Waals surface area contributed by atoms with Gasteiger partial charge >= 0.3 is 0 Å². The highest BCUT2D eigenvalue weighted by Crippen LogP contribution is 2.24. The van der Waals surface area contributed by atoms with Gasteiger partial charge in [0.15, 0.2) is 0 Å². The summed E-state index contributed by atoms with van der Waals surface area (Å²) in [5.74, 6) is 1.14. The Morgan fingerprint density at radius 2 is 1.80 bits per heavy atom. The number of likely N-dealkylation sites (N-methyl/N-ethyl adjacent to an activating group) is 1. The molecule has 0 heterocycles. The minimum Gasteiger partial charge on any atom is -0.383 e. The molecular formula is C12H28N2O. The van der Waals surface area contributed by atoms with Crippen molar-refractivity contribution < 1.29 is 4.74 Å². The van der Waals surface area contributed by atoms with E-state index in [2.05, 4.69) is 39.6 Å². The first-order chi connectivity index (χ1) is 6.90. The van der Waals surface area contributed by atoms with Crippen LogP contribution in [0.1, 0.15) is 27.7 Å². The third-order valence-electron chi connectivity index (χ3n) is 3.22. The molecule has 3 nitrogen and oxygen atoms in total. The van der Waals surface area contributed by atoms with Crippen LogP contribution in [0.3, 0.4) is 0 Å². The van der Waals surface area contributed by atoms with E-state index in [1.165, 1.54) is 0 Å². The van der Waals surface area contributed by atoms with Crippen molar-refractivity contribution in [2.75, 3.05) is 33.9 Å². The molecule has 0 aliphatic heterocycles. The molecule has 3 heteroatoms. The van der Waals surface area contributed by atoms with Crippen LogP contribution < -0.4 is 5.73 Å². The van der Waals surface area contributed by atoms with Crippen LogP contribution in [0.4, 0.5) is 0 Å². The lowest BCUT2D eigenvalue weighted by Gasteiger charge is -2.44. The number of hydrogen-bond donors (Lipinski definition) is 1. The average molecular weight is 216 g/mol. The van der Waals surface area contributed by atoms with Crippen LogP contribution in [0, 0.1) is 11.8 Å². The molecule has 1 unspecified atom stereocenters. The van der Waals surface area contributed by atoms with E-state index in [1.807, 2.05) is 0 Å². The van der Waals surface area contributed by atoms with Crippen LogP contribution in [0.5, 0.6) is 0 Å². The molecule has 1 atom stereocenters. The Bertz CT molecular complexity index is 171. The molecule has 0 spiro atoms. The van der Waals surface area contributed by atoms with Crippen molar-refractivity contribution >= 4 is 0 Å². The van der Waals surface area contributed by atoms with Crippen LogP contribution >= 0.6 is 0 Å². The van der Waals surface area contributed by atoms with Gasteiger partial charge in [-0.25, -0.2) is 0 Å². The smallest absolute Gasteiger partial charge is 0.0661 e. The molecule has 0 amide bonds. The highest BCUT2D eigenvalue weighted by atomic mass is 16.5. The van der Waals surface area contributed by atoms with E-state index in [0.29, 0.717) is 25.0 Å². The van der Waals surface area contributed by atoms with Gasteiger partial charge in [-0.1, -0.05) is 27.7 Å². The van der Waals surface area contributed by atoms with Crippen LogP contribution in [0.25, 0.3) is 0 Å². The zero-order chi connectivity index (χ0) is 12.1. The van der Waals surface area contributed by atoms with E-state index in [0.717, 1.165) is 6.54 Å². The Morgan fingerprint density at radius 1 is 1.27 bits per heavy atom. The number of ether oxygens (including phenoxy) is 1. The second-order valence-corrected chi connectivity index (χ2v) is 5.17. The lowest BCUT2D eigenvalue weighted by Crippen LogP contribution is -2.59. The minimum absolute atomic E-state index is 0.0287. The van der Waals surface area contributed by atoms with E-state index in [9.17, 15) is 0 Å². The van der Waals surface area contributed by atoms with Crippen LogP contribution in [-0.2, 0) is 4.74 Å². The first-order valence-electron chi connectivity index (χ1n) is 5.81. The summed E-state index contributed by atoms with van der Waals surface area (Å²) in [7, 11) is 3.89. The molecule has 0 fully saturated rings. The molecule has 0 aromatic carbocycles. The van der Waals surface area contributed by atoms with E-state index >= 15 is 0 Å². The summed E-state index contributed by atoms with van der Waals surface area (Å²) in [6.45, 7) is 11.3. The molecule has 0 radical (unpaired) electrons. The number of methoxy groups -OCH3 is 1. The lowest BCUT2D eigenvalue weighted by molar-refractivity contribution is -0.00640. The van der Waals surface area contributed by atoms with Crippen LogP contribution in [-0.4, -0.2) is 44.3 Å². The summed E-state index contributed by atoms with van der Waals surface area (Å²) in [5, 5.41) is 0. The number of nitrogens with two attached hydrogens (primary N) is 1. The van der Waals surface area contributed by atoms with Gasteiger partial charge in [0.25, 0.3) is 0 Å². The van der Waals surface area contributed by atoms with Crippen molar-refractivity contribution in [2.24, 2.45) is 17.6 Å². The maximum Gasteiger partial charge on any atom is 0.0661 e. The second-order valence-electron chi connectivity index (χ2n) is 5.17. The molecule has 0 aliphatic rings. The van der Waals surface area contributed by atoms with E-state index in [-0.39, 0.29) is 5.54 Å². The summed E-state index contributed by atoms with van der Waals surface area (Å²) < 4.78 is 5.34. The predicted molar refractivity (Wildman–Crippen MR) is 66.0 cm³/mol. The van der Waals surface area contributed by atoms with Gasteiger partial charge in [0.1, 0.15) is 0 Å². The zero-order valence-electron chi connectivity index (χ0n) is 11.2. The number of hydrogen-bond acceptors (Lipinski definition) is 3. The standard InChI is InChI=1S/C12H28N2O/c1-10(2)7-14(5)12(8-13,9-15-6)11(3)4/h10-11H,7-9,13H2,1-6H3. The van der Waals surface area contributed by atoms with Gasteiger partial charge in [-0.2, -0.15) is 0 Å². The van der Waals surface area contributed by atoms with E-state index in [1.54, 1.807) is 7.11 Å². The summed E-state index contributed by atoms with van der Waals surface area (Å²) in [6, 6.07) is 0. The molecule has 0 aliphatic carbocycles. The number of nitrogens with zero attached hydrogens (tertiary/aromatic N) is 1.